The molecule has 0 saturated heterocycles. The van der Waals surface area contributed by atoms with E-state index in [1.807, 2.05) is 23.6 Å². The number of carbonyl (C=O) groups is 1. The molecule has 2 N–H and O–H groups in total. The van der Waals surface area contributed by atoms with Gasteiger partial charge in [0.1, 0.15) is 0 Å². The monoisotopic (exact) mass is 383 g/mol. The topological polar surface area (TPSA) is 90.9 Å². The van der Waals surface area contributed by atoms with Gasteiger partial charge in [0.15, 0.2) is 28.1 Å². The molecule has 0 fully saturated rings. The summed E-state index contributed by atoms with van der Waals surface area (Å²) in [5, 5.41) is 7.83. The van der Waals surface area contributed by atoms with Crippen LogP contribution >= 0.6 is 11.3 Å². The predicted molar refractivity (Wildman–Crippen MR) is 98.9 cm³/mol. The lowest BCUT2D eigenvalue weighted by Gasteiger charge is -2.06. The third kappa shape index (κ3) is 3.08. The number of aromatic nitrogens is 1. The van der Waals surface area contributed by atoms with Crippen LogP contribution in [0.1, 0.15) is 0 Å². The van der Waals surface area contributed by atoms with E-state index in [0.29, 0.717) is 28.1 Å². The number of anilines is 2. The zero-order valence-corrected chi connectivity index (χ0v) is 14.7. The highest BCUT2D eigenvalue weighted by Crippen LogP contribution is 2.37. The summed E-state index contributed by atoms with van der Waals surface area (Å²) in [7, 11) is 0. The van der Waals surface area contributed by atoms with Crippen LogP contribution in [0.2, 0.25) is 0 Å². The molecule has 0 radical (unpaired) electrons. The molecule has 2 aromatic carbocycles. The summed E-state index contributed by atoms with van der Waals surface area (Å²) >= 11 is 1.34. The van der Waals surface area contributed by atoms with Crippen molar-refractivity contribution < 1.29 is 23.7 Å². The Morgan fingerprint density at radius 3 is 2.41 bits per heavy atom. The molecule has 0 spiro atoms. The molecule has 27 heavy (non-hydrogen) atoms. The van der Waals surface area contributed by atoms with Gasteiger partial charge in [-0.3, -0.25) is 5.32 Å². The van der Waals surface area contributed by atoms with Crippen molar-refractivity contribution in [3.63, 3.8) is 0 Å². The van der Waals surface area contributed by atoms with Gasteiger partial charge in [0.05, 0.1) is 5.69 Å². The first kappa shape index (κ1) is 15.8. The molecule has 9 heteroatoms. The quantitative estimate of drug-likeness (QED) is 0.713. The fraction of sp³-hybridized carbons (Fsp3) is 0.111. The summed E-state index contributed by atoms with van der Waals surface area (Å²) < 4.78 is 21.2. The Hall–Kier alpha value is -3.46. The highest BCUT2D eigenvalue weighted by atomic mass is 32.1. The molecule has 8 nitrogen and oxygen atoms in total. The van der Waals surface area contributed by atoms with Crippen LogP contribution < -0.4 is 29.6 Å². The fourth-order valence-electron chi connectivity index (χ4n) is 2.75. The number of nitrogens with one attached hydrogen (secondary N) is 2. The van der Waals surface area contributed by atoms with Crippen LogP contribution in [0.3, 0.4) is 0 Å². The first-order chi connectivity index (χ1) is 13.2. The van der Waals surface area contributed by atoms with E-state index in [0.717, 1.165) is 17.0 Å². The van der Waals surface area contributed by atoms with Gasteiger partial charge in [-0.25, -0.2) is 9.78 Å². The number of rotatable bonds is 3. The fourth-order valence-corrected chi connectivity index (χ4v) is 3.47. The zero-order chi connectivity index (χ0) is 18.2. The molecule has 2 amide bonds. The summed E-state index contributed by atoms with van der Waals surface area (Å²) in [6.45, 7) is 0.412. The smallest absolute Gasteiger partial charge is 0.325 e. The first-order valence-corrected chi connectivity index (χ1v) is 8.96. The molecular weight excluding hydrogens is 370 g/mol. The van der Waals surface area contributed by atoms with E-state index in [-0.39, 0.29) is 19.6 Å². The molecule has 0 unspecified atom stereocenters. The number of carbonyl (C=O) groups excluding carboxylic acids is 1. The van der Waals surface area contributed by atoms with Crippen molar-refractivity contribution in [2.45, 2.75) is 0 Å². The average Bonchev–Trinajstić information content (AvgIpc) is 3.40. The Morgan fingerprint density at radius 1 is 0.889 bits per heavy atom. The van der Waals surface area contributed by atoms with E-state index in [1.165, 1.54) is 11.3 Å². The Balaban J connectivity index is 1.27. The van der Waals surface area contributed by atoms with Crippen LogP contribution in [0.15, 0.2) is 41.8 Å². The lowest BCUT2D eigenvalue weighted by atomic mass is 10.1. The molecule has 0 bridgehead atoms. The summed E-state index contributed by atoms with van der Waals surface area (Å²) in [5.41, 5.74) is 2.24. The molecule has 136 valence electrons. The normalized spacial score (nSPS) is 13.5. The molecule has 0 saturated carbocycles. The minimum Gasteiger partial charge on any atom is -0.454 e. The Bertz CT molecular complexity index is 1040. The number of nitrogens with zero attached hydrogens (tertiary/aromatic N) is 1. The summed E-state index contributed by atoms with van der Waals surface area (Å²) in [5.74, 6) is 2.67. The van der Waals surface area contributed by atoms with Crippen molar-refractivity contribution in [1.29, 1.82) is 0 Å². The number of thiazole rings is 1. The summed E-state index contributed by atoms with van der Waals surface area (Å²) in [4.78, 5) is 16.7. The lowest BCUT2D eigenvalue weighted by Crippen LogP contribution is -2.19. The highest BCUT2D eigenvalue weighted by Gasteiger charge is 2.16. The molecule has 2 aliphatic heterocycles. The van der Waals surface area contributed by atoms with Gasteiger partial charge < -0.3 is 24.3 Å². The van der Waals surface area contributed by atoms with Gasteiger partial charge in [-0.05, 0) is 30.3 Å². The number of fused-ring (bicyclic) bond motifs is 2. The third-order valence-corrected chi connectivity index (χ3v) is 4.78. The van der Waals surface area contributed by atoms with Gasteiger partial charge in [-0.2, -0.15) is 0 Å². The van der Waals surface area contributed by atoms with E-state index in [2.05, 4.69) is 15.6 Å². The molecule has 0 aliphatic carbocycles. The third-order valence-electron chi connectivity index (χ3n) is 4.02. The second-order valence-corrected chi connectivity index (χ2v) is 6.61. The summed E-state index contributed by atoms with van der Waals surface area (Å²) in [6.07, 6.45) is 0. The SMILES string of the molecule is O=C(Nc1ccc2c(c1)OCO2)Nc1nc(-c2ccc3c(c2)OCO3)cs1. The van der Waals surface area contributed by atoms with Crippen molar-refractivity contribution in [2.24, 2.45) is 0 Å². The van der Waals surface area contributed by atoms with Crippen LogP contribution in [0.4, 0.5) is 15.6 Å². The maximum Gasteiger partial charge on any atom is 0.325 e. The number of hydrogen-bond donors (Lipinski definition) is 2. The van der Waals surface area contributed by atoms with Crippen LogP contribution in [-0.4, -0.2) is 24.6 Å². The molecular formula is C18H13N3O5S. The summed E-state index contributed by atoms with van der Waals surface area (Å²) in [6, 6.07) is 10.4. The predicted octanol–water partition coefficient (Wildman–Crippen LogP) is 3.91. The van der Waals surface area contributed by atoms with E-state index in [4.69, 9.17) is 18.9 Å². The molecule has 1 aromatic heterocycles. The second-order valence-electron chi connectivity index (χ2n) is 5.75. The van der Waals surface area contributed by atoms with Gasteiger partial charge in [-0.15, -0.1) is 11.3 Å². The maximum absolute atomic E-state index is 12.2. The van der Waals surface area contributed by atoms with Gasteiger partial charge in [-0.1, -0.05) is 0 Å². The van der Waals surface area contributed by atoms with Crippen LogP contribution in [0.25, 0.3) is 11.3 Å². The van der Waals surface area contributed by atoms with Crippen molar-refractivity contribution in [1.82, 2.24) is 4.98 Å². The Kier molecular flexibility index (Phi) is 3.72. The number of amides is 2. The standard InChI is InChI=1S/C18H13N3O5S/c22-17(19-11-2-4-14-16(6-11)26-9-24-14)21-18-20-12(7-27-18)10-1-3-13-15(5-10)25-8-23-13/h1-7H,8-9H2,(H2,19,20,21,22). The zero-order valence-electron chi connectivity index (χ0n) is 13.9. The van der Waals surface area contributed by atoms with Crippen molar-refractivity contribution in [3.05, 3.63) is 41.8 Å². The second kappa shape index (κ2) is 6.36. The van der Waals surface area contributed by atoms with Crippen LogP contribution in [0, 0.1) is 0 Å². The first-order valence-electron chi connectivity index (χ1n) is 8.08. The van der Waals surface area contributed by atoms with Gasteiger partial charge in [0, 0.05) is 22.7 Å². The van der Waals surface area contributed by atoms with E-state index < -0.39 is 0 Å². The number of urea groups is 1. The lowest BCUT2D eigenvalue weighted by molar-refractivity contribution is 0.173. The molecule has 3 aromatic rings. The molecule has 5 rings (SSSR count). The van der Waals surface area contributed by atoms with Gasteiger partial charge in [0.2, 0.25) is 13.6 Å². The molecule has 2 aliphatic rings. The molecule has 0 atom stereocenters. The van der Waals surface area contributed by atoms with Gasteiger partial charge in [0.25, 0.3) is 0 Å². The van der Waals surface area contributed by atoms with Gasteiger partial charge >= 0.3 is 6.03 Å². The maximum atomic E-state index is 12.2. The highest BCUT2D eigenvalue weighted by molar-refractivity contribution is 7.14. The Morgan fingerprint density at radius 2 is 1.59 bits per heavy atom. The van der Waals surface area contributed by atoms with Crippen molar-refractivity contribution in [3.8, 4) is 34.3 Å². The van der Waals surface area contributed by atoms with Crippen LogP contribution in [-0.2, 0) is 0 Å². The molecule has 3 heterocycles. The average molecular weight is 383 g/mol. The Labute approximate surface area is 157 Å². The minimum absolute atomic E-state index is 0.187. The van der Waals surface area contributed by atoms with E-state index in [9.17, 15) is 4.79 Å². The number of benzene rings is 2. The minimum atomic E-state index is -0.388. The number of ether oxygens (including phenoxy) is 4. The number of hydrogen-bond acceptors (Lipinski definition) is 7. The van der Waals surface area contributed by atoms with E-state index >= 15 is 0 Å². The largest absolute Gasteiger partial charge is 0.454 e. The van der Waals surface area contributed by atoms with Crippen LogP contribution in [0.5, 0.6) is 23.0 Å². The van der Waals surface area contributed by atoms with E-state index in [1.54, 1.807) is 18.2 Å². The van der Waals surface area contributed by atoms with Crippen molar-refractivity contribution in [2.75, 3.05) is 24.2 Å². The van der Waals surface area contributed by atoms with Crippen molar-refractivity contribution >= 4 is 28.2 Å².